The summed E-state index contributed by atoms with van der Waals surface area (Å²) in [4.78, 5) is 28.1. The van der Waals surface area contributed by atoms with Crippen LogP contribution in [-0.2, 0) is 11.2 Å². The lowest BCUT2D eigenvalue weighted by Crippen LogP contribution is -2.46. The van der Waals surface area contributed by atoms with E-state index < -0.39 is 4.92 Å². The smallest absolute Gasteiger partial charge is 0.270 e. The number of H-pyrrole nitrogens is 1. The highest BCUT2D eigenvalue weighted by molar-refractivity contribution is 5.90. The molecule has 2 atom stereocenters. The lowest BCUT2D eigenvalue weighted by Gasteiger charge is -2.37. The van der Waals surface area contributed by atoms with Gasteiger partial charge in [0.25, 0.3) is 5.69 Å². The predicted octanol–water partition coefficient (Wildman–Crippen LogP) is 2.24. The summed E-state index contributed by atoms with van der Waals surface area (Å²) in [7, 11) is 0. The number of piperidine rings is 1. The summed E-state index contributed by atoms with van der Waals surface area (Å²) in [5, 5.41) is 21.0. The molecule has 1 saturated heterocycles. The molecular weight excluding hydrogens is 310 g/mol. The van der Waals surface area contributed by atoms with Crippen LogP contribution >= 0.6 is 0 Å². The van der Waals surface area contributed by atoms with Crippen LogP contribution in [0, 0.1) is 16.0 Å². The molecule has 128 valence electrons. The molecule has 1 aliphatic heterocycles. The highest BCUT2D eigenvalue weighted by Crippen LogP contribution is 2.26. The van der Waals surface area contributed by atoms with Crippen LogP contribution in [0.5, 0.6) is 0 Å². The van der Waals surface area contributed by atoms with E-state index in [0.717, 1.165) is 23.9 Å². The standard InChI is InChI=1S/C17H21N3O4/c1-11-2-3-12(10-21)9-19(11)17(22)6-13-8-18-16-5-4-14(20(23)24)7-15(13)16/h4-5,7-8,11-12,18,21H,2-3,6,9-10H2,1H3. The summed E-state index contributed by atoms with van der Waals surface area (Å²) in [6.07, 6.45) is 3.76. The highest BCUT2D eigenvalue weighted by atomic mass is 16.6. The van der Waals surface area contributed by atoms with Crippen molar-refractivity contribution in [2.24, 2.45) is 5.92 Å². The average Bonchev–Trinajstić information content (AvgIpc) is 2.97. The van der Waals surface area contributed by atoms with Gasteiger partial charge in [0.2, 0.25) is 5.91 Å². The minimum Gasteiger partial charge on any atom is -0.396 e. The summed E-state index contributed by atoms with van der Waals surface area (Å²) in [6.45, 7) is 2.68. The number of non-ortho nitro benzene ring substituents is 1. The molecule has 7 nitrogen and oxygen atoms in total. The van der Waals surface area contributed by atoms with Crippen LogP contribution < -0.4 is 0 Å². The lowest BCUT2D eigenvalue weighted by molar-refractivity contribution is -0.384. The van der Waals surface area contributed by atoms with Crippen molar-refractivity contribution in [3.05, 3.63) is 40.1 Å². The predicted molar refractivity (Wildman–Crippen MR) is 89.6 cm³/mol. The van der Waals surface area contributed by atoms with Gasteiger partial charge in [-0.25, -0.2) is 0 Å². The zero-order valence-electron chi connectivity index (χ0n) is 13.6. The van der Waals surface area contributed by atoms with Crippen LogP contribution in [0.1, 0.15) is 25.3 Å². The van der Waals surface area contributed by atoms with Gasteiger partial charge in [0.1, 0.15) is 0 Å². The Morgan fingerprint density at radius 2 is 2.25 bits per heavy atom. The van der Waals surface area contributed by atoms with E-state index in [1.54, 1.807) is 12.3 Å². The molecule has 7 heteroatoms. The van der Waals surface area contributed by atoms with Crippen molar-refractivity contribution in [2.45, 2.75) is 32.2 Å². The number of aliphatic hydroxyl groups is 1. The Morgan fingerprint density at radius 3 is 2.96 bits per heavy atom. The molecule has 2 N–H and O–H groups in total. The van der Waals surface area contributed by atoms with Crippen LogP contribution in [0.15, 0.2) is 24.4 Å². The Hall–Kier alpha value is -2.41. The van der Waals surface area contributed by atoms with Gasteiger partial charge in [0.05, 0.1) is 11.3 Å². The largest absolute Gasteiger partial charge is 0.396 e. The highest BCUT2D eigenvalue weighted by Gasteiger charge is 2.29. The Kier molecular flexibility index (Phi) is 4.53. The van der Waals surface area contributed by atoms with Crippen LogP contribution in [0.2, 0.25) is 0 Å². The summed E-state index contributed by atoms with van der Waals surface area (Å²) >= 11 is 0. The first kappa shape index (κ1) is 16.4. The number of carbonyl (C=O) groups excluding carboxylic acids is 1. The second-order valence-corrected chi connectivity index (χ2v) is 6.50. The van der Waals surface area contributed by atoms with Gasteiger partial charge in [-0.3, -0.25) is 14.9 Å². The second kappa shape index (κ2) is 6.60. The molecule has 1 aliphatic rings. The molecule has 0 bridgehead atoms. The van der Waals surface area contributed by atoms with Crippen molar-refractivity contribution < 1.29 is 14.8 Å². The van der Waals surface area contributed by atoms with Gasteiger partial charge in [-0.2, -0.15) is 0 Å². The molecule has 1 amide bonds. The minimum absolute atomic E-state index is 0.00643. The number of amides is 1. The van der Waals surface area contributed by atoms with Crippen molar-refractivity contribution in [1.29, 1.82) is 0 Å². The third-order valence-corrected chi connectivity index (χ3v) is 4.86. The number of carbonyl (C=O) groups is 1. The molecule has 1 aromatic carbocycles. The fourth-order valence-corrected chi connectivity index (χ4v) is 3.37. The number of likely N-dealkylation sites (tertiary alicyclic amines) is 1. The summed E-state index contributed by atoms with van der Waals surface area (Å²) in [5.41, 5.74) is 1.56. The molecule has 2 heterocycles. The summed E-state index contributed by atoms with van der Waals surface area (Å²) in [5.74, 6) is 0.127. The zero-order valence-corrected chi connectivity index (χ0v) is 13.6. The van der Waals surface area contributed by atoms with Gasteiger partial charge in [-0.15, -0.1) is 0 Å². The minimum atomic E-state index is -0.434. The maximum Gasteiger partial charge on any atom is 0.270 e. The number of aromatic nitrogens is 1. The number of hydrogen-bond donors (Lipinski definition) is 2. The van der Waals surface area contributed by atoms with Crippen molar-refractivity contribution in [3.8, 4) is 0 Å². The molecule has 2 aromatic rings. The van der Waals surface area contributed by atoms with Crippen molar-refractivity contribution in [2.75, 3.05) is 13.2 Å². The van der Waals surface area contributed by atoms with Crippen molar-refractivity contribution in [3.63, 3.8) is 0 Å². The van der Waals surface area contributed by atoms with Crippen LogP contribution in [-0.4, -0.2) is 45.0 Å². The number of nitro benzene ring substituents is 1. The number of aromatic amines is 1. The topological polar surface area (TPSA) is 99.5 Å². The number of nitrogens with zero attached hydrogens (tertiary/aromatic N) is 2. The molecule has 0 spiro atoms. The molecule has 2 unspecified atom stereocenters. The lowest BCUT2D eigenvalue weighted by atomic mass is 9.93. The quantitative estimate of drug-likeness (QED) is 0.663. The number of nitrogens with one attached hydrogen (secondary N) is 1. The van der Waals surface area contributed by atoms with Gasteiger partial charge in [-0.1, -0.05) is 0 Å². The van der Waals surface area contributed by atoms with E-state index in [9.17, 15) is 20.0 Å². The SMILES string of the molecule is CC1CCC(CO)CN1C(=O)Cc1c[nH]c2ccc([N+](=O)[O-])cc12. The normalized spacial score (nSPS) is 21.2. The number of hydrogen-bond acceptors (Lipinski definition) is 4. The molecular formula is C17H21N3O4. The molecule has 0 saturated carbocycles. The number of rotatable bonds is 4. The van der Waals surface area contributed by atoms with Crippen LogP contribution in [0.25, 0.3) is 10.9 Å². The van der Waals surface area contributed by atoms with E-state index in [1.165, 1.54) is 12.1 Å². The fraction of sp³-hybridized carbons (Fsp3) is 0.471. The Balaban J connectivity index is 1.82. The number of aliphatic hydroxyl groups excluding tert-OH is 1. The maximum absolute atomic E-state index is 12.7. The Morgan fingerprint density at radius 1 is 1.46 bits per heavy atom. The van der Waals surface area contributed by atoms with Crippen LogP contribution in [0.3, 0.4) is 0 Å². The van der Waals surface area contributed by atoms with E-state index in [1.807, 2.05) is 11.8 Å². The first-order valence-electron chi connectivity index (χ1n) is 8.14. The first-order valence-corrected chi connectivity index (χ1v) is 8.14. The van der Waals surface area contributed by atoms with Crippen LogP contribution in [0.4, 0.5) is 5.69 Å². The second-order valence-electron chi connectivity index (χ2n) is 6.50. The van der Waals surface area contributed by atoms with E-state index in [0.29, 0.717) is 11.9 Å². The summed E-state index contributed by atoms with van der Waals surface area (Å²) < 4.78 is 0. The molecule has 1 aromatic heterocycles. The molecule has 24 heavy (non-hydrogen) atoms. The third kappa shape index (κ3) is 3.12. The first-order chi connectivity index (χ1) is 11.5. The molecule has 0 radical (unpaired) electrons. The van der Waals surface area contributed by atoms with E-state index in [4.69, 9.17) is 0 Å². The van der Waals surface area contributed by atoms with E-state index in [2.05, 4.69) is 4.98 Å². The summed E-state index contributed by atoms with van der Waals surface area (Å²) in [6, 6.07) is 4.76. The average molecular weight is 331 g/mol. The number of fused-ring (bicyclic) bond motifs is 1. The van der Waals surface area contributed by atoms with E-state index >= 15 is 0 Å². The zero-order chi connectivity index (χ0) is 17.3. The van der Waals surface area contributed by atoms with Gasteiger partial charge in [-0.05, 0) is 37.3 Å². The van der Waals surface area contributed by atoms with Gasteiger partial charge in [0.15, 0.2) is 0 Å². The molecule has 3 rings (SSSR count). The van der Waals surface area contributed by atoms with Gasteiger partial charge < -0.3 is 15.0 Å². The monoisotopic (exact) mass is 331 g/mol. The number of benzene rings is 1. The van der Waals surface area contributed by atoms with Gasteiger partial charge in [0, 0.05) is 48.4 Å². The number of nitro groups is 1. The molecule has 0 aliphatic carbocycles. The third-order valence-electron chi connectivity index (χ3n) is 4.86. The van der Waals surface area contributed by atoms with E-state index in [-0.39, 0.29) is 36.6 Å². The van der Waals surface area contributed by atoms with Crippen molar-refractivity contribution >= 4 is 22.5 Å². The molecule has 1 fully saturated rings. The fourth-order valence-electron chi connectivity index (χ4n) is 3.37. The van der Waals surface area contributed by atoms with Gasteiger partial charge >= 0.3 is 0 Å². The van der Waals surface area contributed by atoms with Crippen molar-refractivity contribution in [1.82, 2.24) is 9.88 Å². The Labute approximate surface area is 139 Å². The Bertz CT molecular complexity index is 770. The maximum atomic E-state index is 12.7.